The molecule has 1 aromatic rings. The number of nitrogens with zero attached hydrogens (tertiary/aromatic N) is 2. The highest BCUT2D eigenvalue weighted by atomic mass is 32.2. The van der Waals surface area contributed by atoms with Gasteiger partial charge < -0.3 is 9.64 Å². The van der Waals surface area contributed by atoms with Crippen molar-refractivity contribution in [2.24, 2.45) is 10.3 Å². The number of rotatable bonds is 5. The Kier molecular flexibility index (Phi) is 5.80. The molecule has 0 bridgehead atoms. The smallest absolute Gasteiger partial charge is 0.223 e. The lowest BCUT2D eigenvalue weighted by atomic mass is 10.0. The molecule has 1 aromatic carbocycles. The van der Waals surface area contributed by atoms with Gasteiger partial charge in [-0.1, -0.05) is 12.1 Å². The lowest BCUT2D eigenvalue weighted by Gasteiger charge is -2.18. The van der Waals surface area contributed by atoms with Crippen LogP contribution < -0.4 is 4.74 Å². The Balaban J connectivity index is 2.02. The number of carbonyl (C=O) groups excluding carboxylic acids is 1. The highest BCUT2D eigenvalue weighted by Crippen LogP contribution is 2.23. The molecule has 1 aliphatic rings. The van der Waals surface area contributed by atoms with Gasteiger partial charge >= 0.3 is 0 Å². The maximum absolute atomic E-state index is 12.3. The summed E-state index contributed by atoms with van der Waals surface area (Å²) < 4.78 is 21.2. The van der Waals surface area contributed by atoms with E-state index in [1.54, 1.807) is 7.11 Å². The van der Waals surface area contributed by atoms with E-state index >= 15 is 0 Å². The molecular formula is C18H26N2O3S. The van der Waals surface area contributed by atoms with Crippen molar-refractivity contribution < 1.29 is 13.7 Å². The lowest BCUT2D eigenvalue weighted by Crippen LogP contribution is -2.26. The molecule has 1 saturated heterocycles. The minimum absolute atomic E-state index is 0.0436. The third kappa shape index (κ3) is 4.66. The van der Waals surface area contributed by atoms with Gasteiger partial charge in [0.05, 0.1) is 11.9 Å². The third-order valence-electron chi connectivity index (χ3n) is 4.09. The number of ether oxygens (including phenoxy) is 1. The highest BCUT2D eigenvalue weighted by molar-refractivity contribution is 7.85. The third-order valence-corrected chi connectivity index (χ3v) is 5.59. The molecule has 5 nitrogen and oxygen atoms in total. The van der Waals surface area contributed by atoms with Gasteiger partial charge in [-0.05, 0) is 45.4 Å². The van der Waals surface area contributed by atoms with E-state index in [1.807, 2.05) is 56.9 Å². The van der Waals surface area contributed by atoms with Crippen molar-refractivity contribution in [2.75, 3.05) is 13.7 Å². The van der Waals surface area contributed by atoms with E-state index in [0.29, 0.717) is 19.5 Å². The van der Waals surface area contributed by atoms with E-state index in [0.717, 1.165) is 17.0 Å². The topological polar surface area (TPSA) is 59.0 Å². The second-order valence-corrected chi connectivity index (χ2v) is 9.02. The minimum atomic E-state index is -1.28. The van der Waals surface area contributed by atoms with Crippen LogP contribution in [0.2, 0.25) is 0 Å². The van der Waals surface area contributed by atoms with Crippen molar-refractivity contribution in [1.29, 1.82) is 0 Å². The average molecular weight is 350 g/mol. The quantitative estimate of drug-likeness (QED) is 0.767. The zero-order valence-corrected chi connectivity index (χ0v) is 15.9. The van der Waals surface area contributed by atoms with Crippen LogP contribution in [-0.2, 0) is 22.3 Å². The maximum Gasteiger partial charge on any atom is 0.223 e. The predicted molar refractivity (Wildman–Crippen MR) is 97.5 cm³/mol. The van der Waals surface area contributed by atoms with E-state index in [-0.39, 0.29) is 16.6 Å². The summed E-state index contributed by atoms with van der Waals surface area (Å²) in [7, 11) is 0.349. The molecule has 0 aliphatic carbocycles. The number of amides is 1. The van der Waals surface area contributed by atoms with Gasteiger partial charge in [-0.25, -0.2) is 4.21 Å². The Labute approximate surface area is 146 Å². The van der Waals surface area contributed by atoms with Crippen LogP contribution in [0.15, 0.2) is 28.7 Å². The van der Waals surface area contributed by atoms with E-state index in [9.17, 15) is 9.00 Å². The monoisotopic (exact) mass is 350 g/mol. The van der Waals surface area contributed by atoms with Gasteiger partial charge in [-0.15, -0.1) is 0 Å². The van der Waals surface area contributed by atoms with Crippen LogP contribution in [0.25, 0.3) is 0 Å². The van der Waals surface area contributed by atoms with Crippen LogP contribution >= 0.6 is 0 Å². The second-order valence-electron chi connectivity index (χ2n) is 7.12. The summed E-state index contributed by atoms with van der Waals surface area (Å²) in [5.74, 6) is 0.964. The summed E-state index contributed by atoms with van der Waals surface area (Å²) >= 11 is 0. The Morgan fingerprint density at radius 2 is 1.96 bits per heavy atom. The van der Waals surface area contributed by atoms with Crippen molar-refractivity contribution in [3.05, 3.63) is 29.8 Å². The normalized spacial score (nSPS) is 20.4. The first-order chi connectivity index (χ1) is 11.2. The fraction of sp³-hybridized carbons (Fsp3) is 0.556. The van der Waals surface area contributed by atoms with Crippen LogP contribution in [0.4, 0.5) is 0 Å². The van der Waals surface area contributed by atoms with Crippen molar-refractivity contribution in [3.8, 4) is 5.75 Å². The molecule has 0 aromatic heterocycles. The standard InChI is InChI=1S/C18H26N2O3S/c1-13(19-24(22)18(2,3)4)15-10-17(21)20(12-15)11-14-6-8-16(23-5)9-7-14/h6-9,15H,10-12H2,1-5H3/b19-13+/t15?,24-/m1/s1. The molecule has 24 heavy (non-hydrogen) atoms. The summed E-state index contributed by atoms with van der Waals surface area (Å²) in [4.78, 5) is 14.1. The predicted octanol–water partition coefficient (Wildman–Crippen LogP) is 2.97. The van der Waals surface area contributed by atoms with Crippen molar-refractivity contribution >= 4 is 22.6 Å². The molecule has 6 heteroatoms. The Hall–Kier alpha value is -1.69. The van der Waals surface area contributed by atoms with Gasteiger partial charge in [0.1, 0.15) is 16.7 Å². The van der Waals surface area contributed by atoms with E-state index in [4.69, 9.17) is 4.74 Å². The number of hydrogen-bond acceptors (Lipinski definition) is 3. The second kappa shape index (κ2) is 7.47. The summed E-state index contributed by atoms with van der Waals surface area (Å²) in [6.45, 7) is 8.77. The fourth-order valence-electron chi connectivity index (χ4n) is 2.50. The van der Waals surface area contributed by atoms with Crippen LogP contribution in [0.5, 0.6) is 5.75 Å². The molecule has 0 radical (unpaired) electrons. The average Bonchev–Trinajstić information content (AvgIpc) is 2.88. The minimum Gasteiger partial charge on any atom is -0.497 e. The van der Waals surface area contributed by atoms with Gasteiger partial charge in [-0.3, -0.25) is 4.79 Å². The molecule has 0 saturated carbocycles. The molecule has 2 rings (SSSR count). The summed E-state index contributed by atoms with van der Waals surface area (Å²) in [6, 6.07) is 7.73. The van der Waals surface area contributed by atoms with Gasteiger partial charge in [0, 0.05) is 31.1 Å². The molecular weight excluding hydrogens is 324 g/mol. The molecule has 1 fully saturated rings. The van der Waals surface area contributed by atoms with Gasteiger partial charge in [-0.2, -0.15) is 4.40 Å². The summed E-state index contributed by atoms with van der Waals surface area (Å²) in [6.07, 6.45) is 0.437. The number of likely N-dealkylation sites (tertiary alicyclic amines) is 1. The highest BCUT2D eigenvalue weighted by Gasteiger charge is 2.32. The molecule has 0 spiro atoms. The van der Waals surface area contributed by atoms with E-state index in [2.05, 4.69) is 4.40 Å². The Morgan fingerprint density at radius 1 is 1.33 bits per heavy atom. The van der Waals surface area contributed by atoms with Crippen molar-refractivity contribution in [3.63, 3.8) is 0 Å². The number of carbonyl (C=O) groups is 1. The Bertz CT molecular complexity index is 647. The van der Waals surface area contributed by atoms with Crippen molar-refractivity contribution in [2.45, 2.75) is 45.4 Å². The molecule has 0 N–H and O–H groups in total. The van der Waals surface area contributed by atoms with E-state index < -0.39 is 11.0 Å². The Morgan fingerprint density at radius 3 is 2.50 bits per heavy atom. The maximum atomic E-state index is 12.3. The molecule has 132 valence electrons. The summed E-state index contributed by atoms with van der Waals surface area (Å²) in [5, 5.41) is 0. The van der Waals surface area contributed by atoms with Gasteiger partial charge in [0.25, 0.3) is 0 Å². The number of methoxy groups -OCH3 is 1. The SMILES string of the molecule is COc1ccc(CN2CC(/C(C)=N/[S@](=O)C(C)(C)C)CC2=O)cc1. The molecule has 1 heterocycles. The molecule has 1 aliphatic heterocycles. The number of benzene rings is 1. The zero-order valence-electron chi connectivity index (χ0n) is 15.0. The molecule has 2 atom stereocenters. The first kappa shape index (κ1) is 18.6. The molecule has 1 amide bonds. The van der Waals surface area contributed by atoms with Crippen LogP contribution in [-0.4, -0.2) is 39.1 Å². The van der Waals surface area contributed by atoms with E-state index in [1.165, 1.54) is 0 Å². The summed E-state index contributed by atoms with van der Waals surface area (Å²) in [5.41, 5.74) is 1.87. The fourth-order valence-corrected chi connectivity index (χ4v) is 3.18. The largest absolute Gasteiger partial charge is 0.497 e. The van der Waals surface area contributed by atoms with Crippen molar-refractivity contribution in [1.82, 2.24) is 4.90 Å². The van der Waals surface area contributed by atoms with Crippen LogP contribution in [0.1, 0.15) is 39.7 Å². The van der Waals surface area contributed by atoms with Crippen LogP contribution in [0.3, 0.4) is 0 Å². The first-order valence-corrected chi connectivity index (χ1v) is 9.19. The van der Waals surface area contributed by atoms with Gasteiger partial charge in [0.2, 0.25) is 5.91 Å². The van der Waals surface area contributed by atoms with Crippen LogP contribution in [0, 0.1) is 5.92 Å². The molecule has 1 unspecified atom stereocenters. The first-order valence-electron chi connectivity index (χ1n) is 8.08. The number of hydrogen-bond donors (Lipinski definition) is 0. The zero-order chi connectivity index (χ0) is 17.9. The lowest BCUT2D eigenvalue weighted by molar-refractivity contribution is -0.128. The van der Waals surface area contributed by atoms with Gasteiger partial charge in [0.15, 0.2) is 0 Å².